The second kappa shape index (κ2) is 6.03. The largest absolute Gasteiger partial charge is 0.354 e. The molecule has 0 aliphatic rings. The third kappa shape index (κ3) is 4.02. The van der Waals surface area contributed by atoms with Crippen LogP contribution in [0.3, 0.4) is 0 Å². The monoisotopic (exact) mass is 248 g/mol. The highest BCUT2D eigenvalue weighted by Gasteiger charge is 1.99. The van der Waals surface area contributed by atoms with Gasteiger partial charge in [-0.3, -0.25) is 0 Å². The van der Waals surface area contributed by atoms with Gasteiger partial charge in [0.2, 0.25) is 0 Å². The fourth-order valence-electron chi connectivity index (χ4n) is 1.75. The van der Waals surface area contributed by atoms with Crippen LogP contribution in [0.1, 0.15) is 24.3 Å². The van der Waals surface area contributed by atoms with Crippen molar-refractivity contribution in [2.75, 3.05) is 0 Å². The Morgan fingerprint density at radius 3 is 2.94 bits per heavy atom. The molecule has 2 nitrogen and oxygen atoms in total. The molecule has 0 spiro atoms. The van der Waals surface area contributed by atoms with Crippen molar-refractivity contribution < 1.29 is 0 Å². The van der Waals surface area contributed by atoms with E-state index < -0.39 is 0 Å². The van der Waals surface area contributed by atoms with Crippen LogP contribution in [0.5, 0.6) is 0 Å². The summed E-state index contributed by atoms with van der Waals surface area (Å²) in [6.07, 6.45) is 5.54. The molecule has 0 aromatic carbocycles. The van der Waals surface area contributed by atoms with Gasteiger partial charge in [-0.2, -0.15) is 0 Å². The van der Waals surface area contributed by atoms with Gasteiger partial charge < -0.3 is 9.88 Å². The zero-order valence-electron chi connectivity index (χ0n) is 10.5. The summed E-state index contributed by atoms with van der Waals surface area (Å²) in [5, 5.41) is 5.58. The van der Waals surface area contributed by atoms with Gasteiger partial charge in [0.05, 0.1) is 0 Å². The van der Waals surface area contributed by atoms with E-state index in [4.69, 9.17) is 0 Å². The van der Waals surface area contributed by atoms with E-state index in [-0.39, 0.29) is 0 Å². The number of hydrogen-bond donors (Lipinski definition) is 1. The third-order valence-corrected chi connectivity index (χ3v) is 3.66. The van der Waals surface area contributed by atoms with Crippen LogP contribution in [0.2, 0.25) is 0 Å². The molecule has 0 saturated carbocycles. The molecule has 0 bridgehead atoms. The SMILES string of the molecule is CC(C)NCc1ccn(CCc2cccs2)c1. The fraction of sp³-hybridized carbons (Fsp3) is 0.429. The highest BCUT2D eigenvalue weighted by Crippen LogP contribution is 2.11. The van der Waals surface area contributed by atoms with E-state index in [1.54, 1.807) is 0 Å². The number of aromatic nitrogens is 1. The van der Waals surface area contributed by atoms with E-state index in [1.807, 2.05) is 11.3 Å². The summed E-state index contributed by atoms with van der Waals surface area (Å²) < 4.78 is 2.27. The Bertz CT molecular complexity index is 429. The molecule has 0 unspecified atom stereocenters. The molecule has 2 aromatic heterocycles. The van der Waals surface area contributed by atoms with Gasteiger partial charge in [-0.25, -0.2) is 0 Å². The van der Waals surface area contributed by atoms with Gasteiger partial charge in [0, 0.05) is 36.4 Å². The smallest absolute Gasteiger partial charge is 0.0268 e. The predicted octanol–water partition coefficient (Wildman–Crippen LogP) is 3.29. The average Bonchev–Trinajstić information content (AvgIpc) is 2.95. The van der Waals surface area contributed by atoms with Crippen molar-refractivity contribution in [3.8, 4) is 0 Å². The molecule has 0 atom stereocenters. The molecule has 17 heavy (non-hydrogen) atoms. The van der Waals surface area contributed by atoms with Crippen LogP contribution in [0.15, 0.2) is 36.0 Å². The van der Waals surface area contributed by atoms with E-state index in [9.17, 15) is 0 Å². The van der Waals surface area contributed by atoms with E-state index in [2.05, 4.69) is 59.7 Å². The summed E-state index contributed by atoms with van der Waals surface area (Å²) in [7, 11) is 0. The first-order valence-electron chi connectivity index (χ1n) is 6.14. The van der Waals surface area contributed by atoms with Crippen LogP contribution < -0.4 is 5.32 Å². The van der Waals surface area contributed by atoms with Gasteiger partial charge >= 0.3 is 0 Å². The highest BCUT2D eigenvalue weighted by atomic mass is 32.1. The van der Waals surface area contributed by atoms with Crippen molar-refractivity contribution in [1.82, 2.24) is 9.88 Å². The quantitative estimate of drug-likeness (QED) is 0.830. The summed E-state index contributed by atoms with van der Waals surface area (Å²) in [6, 6.07) is 7.07. The lowest BCUT2D eigenvalue weighted by molar-refractivity contribution is 0.587. The molecule has 0 aliphatic heterocycles. The number of aryl methyl sites for hydroxylation is 2. The molecule has 0 saturated heterocycles. The molecule has 3 heteroatoms. The maximum atomic E-state index is 3.43. The summed E-state index contributed by atoms with van der Waals surface area (Å²) in [6.45, 7) is 6.38. The Hall–Kier alpha value is -1.06. The van der Waals surface area contributed by atoms with Gasteiger partial charge in [-0.15, -0.1) is 11.3 Å². The van der Waals surface area contributed by atoms with Crippen LogP contribution in [-0.4, -0.2) is 10.6 Å². The van der Waals surface area contributed by atoms with Crippen molar-refractivity contribution in [2.45, 2.75) is 39.4 Å². The van der Waals surface area contributed by atoms with Crippen molar-refractivity contribution in [3.63, 3.8) is 0 Å². The molecular weight excluding hydrogens is 228 g/mol. The van der Waals surface area contributed by atoms with Crippen molar-refractivity contribution in [2.24, 2.45) is 0 Å². The van der Waals surface area contributed by atoms with Crippen LogP contribution in [0, 0.1) is 0 Å². The van der Waals surface area contributed by atoms with Gasteiger partial charge in [0.25, 0.3) is 0 Å². The van der Waals surface area contributed by atoms with Crippen LogP contribution in [-0.2, 0) is 19.5 Å². The second-order valence-corrected chi connectivity index (χ2v) is 5.65. The Labute approximate surface area is 107 Å². The summed E-state index contributed by atoms with van der Waals surface area (Å²) in [5.74, 6) is 0. The lowest BCUT2D eigenvalue weighted by atomic mass is 10.3. The first-order valence-corrected chi connectivity index (χ1v) is 7.02. The number of thiophene rings is 1. The van der Waals surface area contributed by atoms with Gasteiger partial charge in [-0.05, 0) is 29.5 Å². The second-order valence-electron chi connectivity index (χ2n) is 4.62. The highest BCUT2D eigenvalue weighted by molar-refractivity contribution is 7.09. The predicted molar refractivity (Wildman–Crippen MR) is 74.4 cm³/mol. The minimum atomic E-state index is 0.546. The molecule has 1 N–H and O–H groups in total. The Morgan fingerprint density at radius 1 is 1.35 bits per heavy atom. The Morgan fingerprint density at radius 2 is 2.24 bits per heavy atom. The molecule has 2 aromatic rings. The molecule has 0 amide bonds. The van der Waals surface area contributed by atoms with Crippen molar-refractivity contribution >= 4 is 11.3 Å². The molecule has 0 aliphatic carbocycles. The third-order valence-electron chi connectivity index (χ3n) is 2.72. The maximum Gasteiger partial charge on any atom is 0.0268 e. The number of nitrogens with zero attached hydrogens (tertiary/aromatic N) is 1. The fourth-order valence-corrected chi connectivity index (χ4v) is 2.45. The molecular formula is C14H20N2S. The van der Waals surface area contributed by atoms with Crippen LogP contribution >= 0.6 is 11.3 Å². The standard InChI is InChI=1S/C14H20N2S/c1-12(2)15-10-13-5-7-16(11-13)8-6-14-4-3-9-17-14/h3-5,7,9,11-12,15H,6,8,10H2,1-2H3. The summed E-state index contributed by atoms with van der Waals surface area (Å²) >= 11 is 1.84. The molecule has 2 heterocycles. The van der Waals surface area contributed by atoms with E-state index >= 15 is 0 Å². The number of rotatable bonds is 6. The van der Waals surface area contributed by atoms with E-state index in [1.165, 1.54) is 10.4 Å². The molecule has 2 rings (SSSR count). The maximum absolute atomic E-state index is 3.43. The normalized spacial score (nSPS) is 11.2. The first kappa shape index (κ1) is 12.4. The van der Waals surface area contributed by atoms with E-state index in [0.29, 0.717) is 6.04 Å². The summed E-state index contributed by atoms with van der Waals surface area (Å²) in [4.78, 5) is 1.46. The minimum Gasteiger partial charge on any atom is -0.354 e. The number of hydrogen-bond acceptors (Lipinski definition) is 2. The van der Waals surface area contributed by atoms with Gasteiger partial charge in [0.15, 0.2) is 0 Å². The molecule has 92 valence electrons. The molecule has 0 fully saturated rings. The van der Waals surface area contributed by atoms with Crippen molar-refractivity contribution in [3.05, 3.63) is 46.4 Å². The lowest BCUT2D eigenvalue weighted by Gasteiger charge is -2.06. The summed E-state index contributed by atoms with van der Waals surface area (Å²) in [5.41, 5.74) is 1.37. The van der Waals surface area contributed by atoms with E-state index in [0.717, 1.165) is 19.5 Å². The van der Waals surface area contributed by atoms with Crippen molar-refractivity contribution in [1.29, 1.82) is 0 Å². The Balaban J connectivity index is 1.81. The minimum absolute atomic E-state index is 0.546. The topological polar surface area (TPSA) is 17.0 Å². The lowest BCUT2D eigenvalue weighted by Crippen LogP contribution is -2.21. The molecule has 0 radical (unpaired) electrons. The first-order chi connectivity index (χ1) is 8.24. The Kier molecular flexibility index (Phi) is 4.40. The zero-order chi connectivity index (χ0) is 12.1. The van der Waals surface area contributed by atoms with Crippen LogP contribution in [0.4, 0.5) is 0 Å². The number of nitrogens with one attached hydrogen (secondary N) is 1. The zero-order valence-corrected chi connectivity index (χ0v) is 11.3. The van der Waals surface area contributed by atoms with Gasteiger partial charge in [-0.1, -0.05) is 19.9 Å². The average molecular weight is 248 g/mol. The van der Waals surface area contributed by atoms with Crippen LogP contribution in [0.25, 0.3) is 0 Å². The van der Waals surface area contributed by atoms with Gasteiger partial charge in [0.1, 0.15) is 0 Å².